The highest BCUT2D eigenvalue weighted by Crippen LogP contribution is 2.24. The molecule has 24 heavy (non-hydrogen) atoms. The molecular formula is C17H16ClN3O2S. The van der Waals surface area contributed by atoms with Crippen LogP contribution in [0.1, 0.15) is 15.9 Å². The van der Waals surface area contributed by atoms with Crippen LogP contribution in [0.15, 0.2) is 48.8 Å². The number of nitrogens with zero attached hydrogens (tertiary/aromatic N) is 2. The van der Waals surface area contributed by atoms with E-state index < -0.39 is 6.04 Å². The van der Waals surface area contributed by atoms with Gasteiger partial charge in [0.1, 0.15) is 6.04 Å². The molecule has 7 heteroatoms. The number of nitrogens with one attached hydrogen (secondary N) is 1. The van der Waals surface area contributed by atoms with Gasteiger partial charge in [-0.2, -0.15) is 0 Å². The van der Waals surface area contributed by atoms with Crippen molar-refractivity contribution in [2.45, 2.75) is 12.6 Å². The van der Waals surface area contributed by atoms with Crippen molar-refractivity contribution in [3.8, 4) is 0 Å². The van der Waals surface area contributed by atoms with E-state index in [0.29, 0.717) is 28.8 Å². The van der Waals surface area contributed by atoms with Crippen LogP contribution in [0.4, 0.5) is 0 Å². The lowest BCUT2D eigenvalue weighted by molar-refractivity contribution is -0.124. The van der Waals surface area contributed by atoms with Crippen molar-refractivity contribution in [1.29, 1.82) is 0 Å². The van der Waals surface area contributed by atoms with E-state index in [-0.39, 0.29) is 11.8 Å². The Kier molecular flexibility index (Phi) is 5.37. The number of hydrogen-bond donors (Lipinski definition) is 1. The lowest BCUT2D eigenvalue weighted by atomic mass is 10.1. The van der Waals surface area contributed by atoms with Gasteiger partial charge in [0.25, 0.3) is 5.91 Å². The number of carbonyl (C=O) groups is 2. The van der Waals surface area contributed by atoms with Crippen molar-refractivity contribution in [3.05, 3.63) is 64.9 Å². The van der Waals surface area contributed by atoms with Gasteiger partial charge >= 0.3 is 0 Å². The first kappa shape index (κ1) is 16.8. The molecule has 1 aromatic heterocycles. The van der Waals surface area contributed by atoms with Gasteiger partial charge in [-0.15, -0.1) is 11.8 Å². The number of pyridine rings is 1. The monoisotopic (exact) mass is 361 g/mol. The maximum atomic E-state index is 12.6. The molecule has 1 aliphatic heterocycles. The quantitative estimate of drug-likeness (QED) is 0.909. The predicted molar refractivity (Wildman–Crippen MR) is 94.8 cm³/mol. The van der Waals surface area contributed by atoms with Crippen LogP contribution in [0.3, 0.4) is 0 Å². The average molecular weight is 362 g/mol. The van der Waals surface area contributed by atoms with Gasteiger partial charge in [0.15, 0.2) is 0 Å². The van der Waals surface area contributed by atoms with Crippen molar-refractivity contribution in [2.24, 2.45) is 0 Å². The van der Waals surface area contributed by atoms with Crippen LogP contribution in [0.25, 0.3) is 0 Å². The SMILES string of the molecule is O=C(NCc1ccncc1)C1CSCN1C(=O)c1ccc(Cl)cc1. The first-order valence-electron chi connectivity index (χ1n) is 7.46. The summed E-state index contributed by atoms with van der Waals surface area (Å²) in [5.41, 5.74) is 1.51. The van der Waals surface area contributed by atoms with Crippen LogP contribution < -0.4 is 5.32 Å². The summed E-state index contributed by atoms with van der Waals surface area (Å²) in [6, 6.07) is 9.95. The summed E-state index contributed by atoms with van der Waals surface area (Å²) < 4.78 is 0. The minimum absolute atomic E-state index is 0.140. The second-order valence-corrected chi connectivity index (χ2v) is 6.81. The first-order valence-corrected chi connectivity index (χ1v) is 8.99. The van der Waals surface area contributed by atoms with E-state index in [4.69, 9.17) is 11.6 Å². The molecule has 3 rings (SSSR count). The smallest absolute Gasteiger partial charge is 0.255 e. The molecule has 0 bridgehead atoms. The first-order chi connectivity index (χ1) is 11.6. The molecule has 2 amide bonds. The van der Waals surface area contributed by atoms with Gasteiger partial charge in [0.05, 0.1) is 5.88 Å². The summed E-state index contributed by atoms with van der Waals surface area (Å²) in [6.45, 7) is 0.422. The van der Waals surface area contributed by atoms with E-state index in [1.54, 1.807) is 53.3 Å². The molecule has 0 spiro atoms. The van der Waals surface area contributed by atoms with Crippen LogP contribution in [0, 0.1) is 0 Å². The van der Waals surface area contributed by atoms with E-state index in [0.717, 1.165) is 5.56 Å². The van der Waals surface area contributed by atoms with Crippen molar-refractivity contribution in [2.75, 3.05) is 11.6 Å². The summed E-state index contributed by atoms with van der Waals surface area (Å²) in [7, 11) is 0. The molecule has 5 nitrogen and oxygen atoms in total. The normalized spacial score (nSPS) is 16.9. The van der Waals surface area contributed by atoms with Crippen molar-refractivity contribution in [3.63, 3.8) is 0 Å². The molecule has 1 fully saturated rings. The number of thioether (sulfide) groups is 1. The van der Waals surface area contributed by atoms with Crippen molar-refractivity contribution in [1.82, 2.24) is 15.2 Å². The summed E-state index contributed by atoms with van der Waals surface area (Å²) >= 11 is 7.43. The number of benzene rings is 1. The number of amides is 2. The molecule has 2 heterocycles. The lowest BCUT2D eigenvalue weighted by Crippen LogP contribution is -2.47. The van der Waals surface area contributed by atoms with Crippen LogP contribution in [-0.4, -0.2) is 39.4 Å². The second kappa shape index (κ2) is 7.68. The van der Waals surface area contributed by atoms with E-state index in [1.165, 1.54) is 0 Å². The minimum Gasteiger partial charge on any atom is -0.350 e. The number of halogens is 1. The maximum absolute atomic E-state index is 12.6. The summed E-state index contributed by atoms with van der Waals surface area (Å²) in [6.07, 6.45) is 3.37. The summed E-state index contributed by atoms with van der Waals surface area (Å²) in [4.78, 5) is 30.6. The number of aromatic nitrogens is 1. The molecule has 0 aliphatic carbocycles. The molecule has 1 aliphatic rings. The van der Waals surface area contributed by atoms with Gasteiger partial charge < -0.3 is 10.2 Å². The van der Waals surface area contributed by atoms with Crippen LogP contribution in [0.2, 0.25) is 5.02 Å². The standard InChI is InChI=1S/C17H16ClN3O2S/c18-14-3-1-13(2-4-14)17(23)21-11-24-10-15(21)16(22)20-9-12-5-7-19-8-6-12/h1-8,15H,9-11H2,(H,20,22). The number of hydrogen-bond acceptors (Lipinski definition) is 4. The summed E-state index contributed by atoms with van der Waals surface area (Å²) in [5, 5.41) is 3.47. The fourth-order valence-corrected chi connectivity index (χ4v) is 3.71. The van der Waals surface area contributed by atoms with Crippen molar-refractivity contribution >= 4 is 35.2 Å². The Morgan fingerprint density at radius 3 is 2.62 bits per heavy atom. The predicted octanol–water partition coefficient (Wildman–Crippen LogP) is 2.57. The maximum Gasteiger partial charge on any atom is 0.255 e. The molecule has 1 atom stereocenters. The Hall–Kier alpha value is -2.05. The molecule has 0 saturated carbocycles. The Labute approximate surface area is 149 Å². The highest BCUT2D eigenvalue weighted by Gasteiger charge is 2.34. The lowest BCUT2D eigenvalue weighted by Gasteiger charge is -2.23. The molecule has 124 valence electrons. The van der Waals surface area contributed by atoms with Crippen LogP contribution in [-0.2, 0) is 11.3 Å². The fourth-order valence-electron chi connectivity index (χ4n) is 2.43. The third kappa shape index (κ3) is 3.88. The topological polar surface area (TPSA) is 62.3 Å². The molecule has 2 aromatic rings. The molecular weight excluding hydrogens is 346 g/mol. The van der Waals surface area contributed by atoms with Crippen LogP contribution >= 0.6 is 23.4 Å². The number of rotatable bonds is 4. The summed E-state index contributed by atoms with van der Waals surface area (Å²) in [5.74, 6) is 0.816. The van der Waals surface area contributed by atoms with Gasteiger partial charge in [-0.3, -0.25) is 14.6 Å². The second-order valence-electron chi connectivity index (χ2n) is 5.37. The van der Waals surface area contributed by atoms with E-state index in [2.05, 4.69) is 10.3 Å². The van der Waals surface area contributed by atoms with E-state index in [1.807, 2.05) is 12.1 Å². The van der Waals surface area contributed by atoms with E-state index >= 15 is 0 Å². The van der Waals surface area contributed by atoms with E-state index in [9.17, 15) is 9.59 Å². The van der Waals surface area contributed by atoms with Crippen LogP contribution in [0.5, 0.6) is 0 Å². The molecule has 1 N–H and O–H groups in total. The molecule has 1 saturated heterocycles. The molecule has 1 aromatic carbocycles. The van der Waals surface area contributed by atoms with Gasteiger partial charge in [-0.1, -0.05) is 11.6 Å². The van der Waals surface area contributed by atoms with Gasteiger partial charge in [-0.25, -0.2) is 0 Å². The fraction of sp³-hybridized carbons (Fsp3) is 0.235. The van der Waals surface area contributed by atoms with Gasteiger partial charge in [-0.05, 0) is 42.0 Å². The third-order valence-electron chi connectivity index (χ3n) is 3.75. The number of carbonyl (C=O) groups excluding carboxylic acids is 2. The Balaban J connectivity index is 1.65. The third-order valence-corrected chi connectivity index (χ3v) is 5.02. The van der Waals surface area contributed by atoms with Gasteiger partial charge in [0, 0.05) is 35.3 Å². The highest BCUT2D eigenvalue weighted by molar-refractivity contribution is 7.99. The van der Waals surface area contributed by atoms with Gasteiger partial charge in [0.2, 0.25) is 5.91 Å². The Morgan fingerprint density at radius 2 is 1.92 bits per heavy atom. The van der Waals surface area contributed by atoms with Crippen molar-refractivity contribution < 1.29 is 9.59 Å². The largest absolute Gasteiger partial charge is 0.350 e. The Morgan fingerprint density at radius 1 is 1.21 bits per heavy atom. The zero-order valence-corrected chi connectivity index (χ0v) is 14.4. The molecule has 1 unspecified atom stereocenters. The molecule has 0 radical (unpaired) electrons. The average Bonchev–Trinajstić information content (AvgIpc) is 3.10. The minimum atomic E-state index is -0.458. The highest BCUT2D eigenvalue weighted by atomic mass is 35.5. The Bertz CT molecular complexity index is 724. The zero-order chi connectivity index (χ0) is 16.9. The zero-order valence-electron chi connectivity index (χ0n) is 12.8.